The van der Waals surface area contributed by atoms with Crippen LogP contribution in [0, 0.1) is 0 Å². The Morgan fingerprint density at radius 3 is 2.63 bits per heavy atom. The van der Waals surface area contributed by atoms with Crippen molar-refractivity contribution >= 4 is 5.84 Å². The molecule has 0 atom stereocenters. The second-order valence-electron chi connectivity index (χ2n) is 3.46. The number of hydrogen-bond donors (Lipinski definition) is 3. The van der Waals surface area contributed by atoms with Crippen molar-refractivity contribution in [1.29, 1.82) is 0 Å². The minimum Gasteiger partial charge on any atom is -0.477 e. The molecule has 1 aromatic heterocycles. The molecule has 0 saturated carbocycles. The first-order valence-electron chi connectivity index (χ1n) is 5.20. The summed E-state index contributed by atoms with van der Waals surface area (Å²) < 4.78 is 42.5. The normalized spacial score (nSPS) is 12.5. The van der Waals surface area contributed by atoms with Crippen LogP contribution in [-0.4, -0.2) is 34.3 Å². The molecule has 0 saturated heterocycles. The second kappa shape index (κ2) is 6.23. The molecule has 6 nitrogen and oxygen atoms in total. The monoisotopic (exact) mass is 279 g/mol. The van der Waals surface area contributed by atoms with Gasteiger partial charge in [-0.05, 0) is 12.1 Å². The smallest absolute Gasteiger partial charge is 0.433 e. The summed E-state index contributed by atoms with van der Waals surface area (Å²) >= 11 is 0. The molecule has 1 rings (SSSR count). The number of alkyl halides is 3. The molecule has 0 bridgehead atoms. The number of aliphatic hydroxyl groups excluding tert-OH is 1. The Balaban J connectivity index is 3.11. The van der Waals surface area contributed by atoms with Gasteiger partial charge in [0.1, 0.15) is 5.69 Å². The Morgan fingerprint density at radius 2 is 2.11 bits per heavy atom. The number of nitrogens with zero attached hydrogens (tertiary/aromatic N) is 2. The van der Waals surface area contributed by atoms with Crippen LogP contribution in [0.3, 0.4) is 0 Å². The van der Waals surface area contributed by atoms with Gasteiger partial charge in [0, 0.05) is 13.0 Å². The Labute approximate surface area is 106 Å². The topological polar surface area (TPSA) is 101 Å². The van der Waals surface area contributed by atoms with Gasteiger partial charge in [-0.1, -0.05) is 5.16 Å². The molecule has 1 heterocycles. The van der Waals surface area contributed by atoms with Crippen molar-refractivity contribution in [1.82, 2.24) is 4.98 Å². The van der Waals surface area contributed by atoms with Crippen molar-refractivity contribution in [2.75, 3.05) is 13.2 Å². The zero-order valence-electron chi connectivity index (χ0n) is 9.68. The zero-order chi connectivity index (χ0) is 14.5. The second-order valence-corrected chi connectivity index (χ2v) is 3.46. The zero-order valence-corrected chi connectivity index (χ0v) is 9.68. The van der Waals surface area contributed by atoms with Gasteiger partial charge in [0.05, 0.1) is 12.2 Å². The van der Waals surface area contributed by atoms with Gasteiger partial charge in [0.15, 0.2) is 5.84 Å². The van der Waals surface area contributed by atoms with Gasteiger partial charge in [-0.25, -0.2) is 4.98 Å². The van der Waals surface area contributed by atoms with Crippen molar-refractivity contribution in [2.45, 2.75) is 12.6 Å². The van der Waals surface area contributed by atoms with Gasteiger partial charge >= 0.3 is 6.18 Å². The molecule has 0 spiro atoms. The Hall–Kier alpha value is -2.03. The highest BCUT2D eigenvalue weighted by atomic mass is 19.4. The molecule has 106 valence electrons. The van der Waals surface area contributed by atoms with Crippen LogP contribution in [0.2, 0.25) is 0 Å². The number of rotatable bonds is 5. The Bertz CT molecular complexity index is 463. The molecule has 9 heteroatoms. The highest BCUT2D eigenvalue weighted by Crippen LogP contribution is 2.30. The van der Waals surface area contributed by atoms with Crippen molar-refractivity contribution < 1.29 is 28.2 Å². The van der Waals surface area contributed by atoms with E-state index in [9.17, 15) is 13.2 Å². The Kier molecular flexibility index (Phi) is 4.93. The SMILES string of the molecule is NC(=NO)c1ccc(C(F)(F)F)nc1OCCCO. The van der Waals surface area contributed by atoms with Gasteiger partial charge < -0.3 is 20.8 Å². The summed E-state index contributed by atoms with van der Waals surface area (Å²) in [5.74, 6) is -0.821. The molecule has 19 heavy (non-hydrogen) atoms. The maximum atomic E-state index is 12.5. The molecule has 1 aromatic rings. The van der Waals surface area contributed by atoms with E-state index in [0.717, 1.165) is 6.07 Å². The summed E-state index contributed by atoms with van der Waals surface area (Å²) in [6.07, 6.45) is -4.41. The van der Waals surface area contributed by atoms with Crippen molar-refractivity contribution in [3.63, 3.8) is 0 Å². The number of aliphatic hydroxyl groups is 1. The van der Waals surface area contributed by atoms with Crippen LogP contribution in [0.5, 0.6) is 5.88 Å². The van der Waals surface area contributed by atoms with Gasteiger partial charge in [0.2, 0.25) is 5.88 Å². The van der Waals surface area contributed by atoms with E-state index >= 15 is 0 Å². The van der Waals surface area contributed by atoms with Crippen molar-refractivity contribution in [3.05, 3.63) is 23.4 Å². The fraction of sp³-hybridized carbons (Fsp3) is 0.400. The van der Waals surface area contributed by atoms with Crippen LogP contribution in [0.15, 0.2) is 17.3 Å². The fourth-order valence-corrected chi connectivity index (χ4v) is 1.19. The fourth-order valence-electron chi connectivity index (χ4n) is 1.19. The third-order valence-electron chi connectivity index (χ3n) is 2.08. The third kappa shape index (κ3) is 3.98. The largest absolute Gasteiger partial charge is 0.477 e. The van der Waals surface area contributed by atoms with Crippen LogP contribution in [0.1, 0.15) is 17.7 Å². The Morgan fingerprint density at radius 1 is 1.42 bits per heavy atom. The molecule has 0 aromatic carbocycles. The minimum atomic E-state index is -4.63. The van der Waals surface area contributed by atoms with E-state index in [2.05, 4.69) is 10.1 Å². The highest BCUT2D eigenvalue weighted by Gasteiger charge is 2.33. The van der Waals surface area contributed by atoms with Crippen LogP contribution in [0.4, 0.5) is 13.2 Å². The predicted octanol–water partition coefficient (Wildman–Crippen LogP) is 0.956. The number of amidine groups is 1. The number of oxime groups is 1. The standard InChI is InChI=1S/C10H12F3N3O3/c11-10(12,13)7-3-2-6(8(14)16-18)9(15-7)19-5-1-4-17/h2-3,17-18H,1,4-5H2,(H2,14,16). The molecule has 0 unspecified atom stereocenters. The van der Waals surface area contributed by atoms with Gasteiger partial charge in [-0.15, -0.1) is 0 Å². The van der Waals surface area contributed by atoms with Crippen LogP contribution in [0.25, 0.3) is 0 Å². The van der Waals surface area contributed by atoms with Gasteiger partial charge in [-0.3, -0.25) is 0 Å². The summed E-state index contributed by atoms with van der Waals surface area (Å²) in [5.41, 5.74) is 4.09. The first-order chi connectivity index (χ1) is 8.90. The van der Waals surface area contributed by atoms with E-state index < -0.39 is 23.6 Å². The lowest BCUT2D eigenvalue weighted by molar-refractivity contribution is -0.141. The summed E-state index contributed by atoms with van der Waals surface area (Å²) in [7, 11) is 0. The van der Waals surface area contributed by atoms with E-state index in [1.165, 1.54) is 0 Å². The predicted molar refractivity (Wildman–Crippen MR) is 58.9 cm³/mol. The third-order valence-corrected chi connectivity index (χ3v) is 2.08. The summed E-state index contributed by atoms with van der Waals surface area (Å²) in [5, 5.41) is 19.8. The van der Waals surface area contributed by atoms with Crippen LogP contribution in [-0.2, 0) is 6.18 Å². The number of nitrogens with two attached hydrogens (primary N) is 1. The molecular formula is C10H12F3N3O3. The minimum absolute atomic E-state index is 0.0451. The van der Waals surface area contributed by atoms with E-state index in [0.29, 0.717) is 6.07 Å². The molecular weight excluding hydrogens is 267 g/mol. The number of pyridine rings is 1. The molecule has 4 N–H and O–H groups in total. The average molecular weight is 279 g/mol. The van der Waals surface area contributed by atoms with Crippen LogP contribution >= 0.6 is 0 Å². The molecule has 0 amide bonds. The average Bonchev–Trinajstić information content (AvgIpc) is 2.37. The number of hydrogen-bond acceptors (Lipinski definition) is 5. The van der Waals surface area contributed by atoms with E-state index in [1.54, 1.807) is 0 Å². The summed E-state index contributed by atoms with van der Waals surface area (Å²) in [6.45, 7) is -0.228. The van der Waals surface area contributed by atoms with Crippen molar-refractivity contribution in [2.24, 2.45) is 10.9 Å². The number of halogens is 3. The maximum Gasteiger partial charge on any atom is 0.433 e. The van der Waals surface area contributed by atoms with E-state index in [4.69, 9.17) is 20.8 Å². The summed E-state index contributed by atoms with van der Waals surface area (Å²) in [6, 6.07) is 1.70. The van der Waals surface area contributed by atoms with Gasteiger partial charge in [0.25, 0.3) is 0 Å². The van der Waals surface area contributed by atoms with E-state index in [1.807, 2.05) is 0 Å². The molecule has 0 fully saturated rings. The molecule has 0 radical (unpaired) electrons. The summed E-state index contributed by atoms with van der Waals surface area (Å²) in [4.78, 5) is 3.28. The first kappa shape index (κ1) is 15.0. The van der Waals surface area contributed by atoms with Crippen molar-refractivity contribution in [3.8, 4) is 5.88 Å². The van der Waals surface area contributed by atoms with E-state index in [-0.39, 0.29) is 25.2 Å². The number of aromatic nitrogens is 1. The maximum absolute atomic E-state index is 12.5. The lowest BCUT2D eigenvalue weighted by atomic mass is 10.2. The quantitative estimate of drug-likeness (QED) is 0.245. The molecule has 0 aliphatic carbocycles. The van der Waals surface area contributed by atoms with Crippen LogP contribution < -0.4 is 10.5 Å². The van der Waals surface area contributed by atoms with Gasteiger partial charge in [-0.2, -0.15) is 13.2 Å². The highest BCUT2D eigenvalue weighted by molar-refractivity contribution is 5.99. The molecule has 0 aliphatic rings. The molecule has 0 aliphatic heterocycles. The first-order valence-corrected chi connectivity index (χ1v) is 5.20. The lowest BCUT2D eigenvalue weighted by Crippen LogP contribution is -2.18. The lowest BCUT2D eigenvalue weighted by Gasteiger charge is -2.12. The number of ether oxygens (including phenoxy) is 1.